The van der Waals surface area contributed by atoms with E-state index in [0.717, 1.165) is 0 Å². The van der Waals surface area contributed by atoms with E-state index in [9.17, 15) is 0 Å². The molecule has 15 heavy (non-hydrogen) atoms. The Balaban J connectivity index is 2.30. The first kappa shape index (κ1) is 11.0. The molecule has 1 aromatic rings. The van der Waals surface area contributed by atoms with Gasteiger partial charge in [0.2, 0.25) is 0 Å². The number of anilines is 1. The van der Waals surface area contributed by atoms with Gasteiger partial charge in [0.15, 0.2) is 22.8 Å². The maximum absolute atomic E-state index is 6.11. The van der Waals surface area contributed by atoms with Crippen molar-refractivity contribution in [2.45, 2.75) is 0 Å². The highest BCUT2D eigenvalue weighted by Gasteiger charge is 2.20. The summed E-state index contributed by atoms with van der Waals surface area (Å²) in [6, 6.07) is 7.12. The molecule has 0 amide bonds. The minimum Gasteiger partial charge on any atom is -0.428 e. The average Bonchev–Trinajstić information content (AvgIpc) is 2.22. The summed E-state index contributed by atoms with van der Waals surface area (Å²) in [5.41, 5.74) is 6.25. The van der Waals surface area contributed by atoms with Crippen LogP contribution in [0.25, 0.3) is 0 Å². The fourth-order valence-corrected chi connectivity index (χ4v) is 4.70. The zero-order chi connectivity index (χ0) is 10.7. The molecular formula is C6H6ClN4OP3. The summed E-state index contributed by atoms with van der Waals surface area (Å²) in [4.78, 5) is 0. The van der Waals surface area contributed by atoms with E-state index in [2.05, 4.69) is 13.5 Å². The Labute approximate surface area is 94.9 Å². The van der Waals surface area contributed by atoms with E-state index in [1.165, 1.54) is 0 Å². The molecule has 0 saturated carbocycles. The number of hydrogen-bond donors (Lipinski definition) is 1. The van der Waals surface area contributed by atoms with Gasteiger partial charge < -0.3 is 10.3 Å². The van der Waals surface area contributed by atoms with Crippen LogP contribution in [0.1, 0.15) is 0 Å². The summed E-state index contributed by atoms with van der Waals surface area (Å²) < 4.78 is 17.5. The van der Waals surface area contributed by atoms with Gasteiger partial charge in [-0.3, -0.25) is 0 Å². The van der Waals surface area contributed by atoms with E-state index < -0.39 is 6.78 Å². The molecule has 1 aliphatic heterocycles. The Morgan fingerprint density at radius 1 is 1.33 bits per heavy atom. The van der Waals surface area contributed by atoms with Crippen molar-refractivity contribution in [2.24, 2.45) is 13.5 Å². The molecule has 0 radical (unpaired) electrons. The van der Waals surface area contributed by atoms with Crippen LogP contribution in [0, 0.1) is 0 Å². The van der Waals surface area contributed by atoms with Gasteiger partial charge in [-0.1, -0.05) is 12.1 Å². The Kier molecular flexibility index (Phi) is 3.38. The molecule has 5 nitrogen and oxygen atoms in total. The summed E-state index contributed by atoms with van der Waals surface area (Å²) in [5, 5.41) is 0. The maximum atomic E-state index is 6.11. The summed E-state index contributed by atoms with van der Waals surface area (Å²) in [6.07, 6.45) is 0. The molecule has 0 aromatic heterocycles. The molecule has 1 aromatic carbocycles. The molecule has 0 aliphatic carbocycles. The molecule has 0 spiro atoms. The molecule has 0 fully saturated rings. The van der Waals surface area contributed by atoms with Crippen molar-refractivity contribution in [1.82, 2.24) is 0 Å². The van der Waals surface area contributed by atoms with E-state index in [1.807, 2.05) is 12.1 Å². The van der Waals surface area contributed by atoms with Gasteiger partial charge in [0.1, 0.15) is 0 Å². The second kappa shape index (κ2) is 4.59. The molecule has 1 unspecified atom stereocenters. The van der Waals surface area contributed by atoms with E-state index in [4.69, 9.17) is 21.5 Å². The minimum absolute atomic E-state index is 0.514. The first-order valence-corrected chi connectivity index (χ1v) is 7.99. The fraction of sp³-hybridized carbons (Fsp3) is 0. The summed E-state index contributed by atoms with van der Waals surface area (Å²) in [6.45, 7) is -2.59. The zero-order valence-corrected chi connectivity index (χ0v) is 10.8. The van der Waals surface area contributed by atoms with Crippen LogP contribution >= 0.6 is 35.1 Å². The molecule has 0 saturated heterocycles. The third kappa shape index (κ3) is 2.76. The number of para-hydroxylation sites is 2. The number of nitrogens with zero attached hydrogens (tertiary/aromatic N) is 3. The number of benzene rings is 1. The highest BCUT2D eigenvalue weighted by atomic mass is 35.7. The molecule has 78 valence electrons. The zero-order valence-electron chi connectivity index (χ0n) is 7.36. The van der Waals surface area contributed by atoms with E-state index >= 15 is 0 Å². The first-order valence-electron chi connectivity index (χ1n) is 3.87. The molecule has 0 bridgehead atoms. The lowest BCUT2D eigenvalue weighted by Gasteiger charge is -2.13. The third-order valence-electron chi connectivity index (χ3n) is 1.51. The topological polar surface area (TPSA) is 72.3 Å². The number of nitrogen functional groups attached to an aromatic ring is 1. The summed E-state index contributed by atoms with van der Waals surface area (Å²) >= 11 is 6.11. The molecule has 1 aliphatic rings. The van der Waals surface area contributed by atoms with E-state index in [-0.39, 0.29) is 0 Å². The van der Waals surface area contributed by atoms with Gasteiger partial charge in [-0.05, 0) is 23.4 Å². The van der Waals surface area contributed by atoms with Gasteiger partial charge in [0.25, 0.3) is 0 Å². The number of rotatable bonds is 2. The predicted molar refractivity (Wildman–Crippen MR) is 65.4 cm³/mol. The Hall–Kier alpha value is -0.460. The van der Waals surface area contributed by atoms with Crippen LogP contribution < -0.4 is 10.3 Å². The molecule has 1 heterocycles. The van der Waals surface area contributed by atoms with Gasteiger partial charge in [-0.15, -0.1) is 0 Å². The van der Waals surface area contributed by atoms with E-state index in [1.54, 1.807) is 12.1 Å². The summed E-state index contributed by atoms with van der Waals surface area (Å²) in [5.74, 6) is 0.514. The van der Waals surface area contributed by atoms with E-state index in [0.29, 0.717) is 28.5 Å². The molecule has 1 atom stereocenters. The SMILES string of the molecule is Nc1ccccc1OP1(Cl)=NP=NP=N1. The molecule has 9 heteroatoms. The van der Waals surface area contributed by atoms with Crippen LogP contribution in [-0.4, -0.2) is 0 Å². The smallest absolute Gasteiger partial charge is 0.356 e. The minimum atomic E-state index is -2.59. The lowest BCUT2D eigenvalue weighted by molar-refractivity contribution is 0.622. The Morgan fingerprint density at radius 3 is 2.80 bits per heavy atom. The Bertz CT molecular complexity index is 489. The van der Waals surface area contributed by atoms with Crippen LogP contribution in [0.3, 0.4) is 0 Å². The second-order valence-electron chi connectivity index (χ2n) is 2.55. The Morgan fingerprint density at radius 2 is 2.13 bits per heavy atom. The normalized spacial score (nSPS) is 25.7. The van der Waals surface area contributed by atoms with Crippen molar-refractivity contribution in [3.05, 3.63) is 24.3 Å². The largest absolute Gasteiger partial charge is 0.428 e. The van der Waals surface area contributed by atoms with Crippen molar-refractivity contribution in [2.75, 3.05) is 5.73 Å². The molecular weight excluding hydrogens is 272 g/mol. The third-order valence-corrected chi connectivity index (χ3v) is 6.41. The second-order valence-corrected chi connectivity index (χ2v) is 7.50. The highest BCUT2D eigenvalue weighted by molar-refractivity contribution is 7.90. The average molecular weight is 279 g/mol. The maximum Gasteiger partial charge on any atom is 0.356 e. The number of hydrogen-bond acceptors (Lipinski definition) is 5. The monoisotopic (exact) mass is 278 g/mol. The lowest BCUT2D eigenvalue weighted by Crippen LogP contribution is -1.91. The van der Waals surface area contributed by atoms with Gasteiger partial charge in [0, 0.05) is 0 Å². The van der Waals surface area contributed by atoms with Crippen molar-refractivity contribution in [3.8, 4) is 5.75 Å². The quantitative estimate of drug-likeness (QED) is 0.615. The van der Waals surface area contributed by atoms with Crippen molar-refractivity contribution in [3.63, 3.8) is 0 Å². The lowest BCUT2D eigenvalue weighted by atomic mass is 10.3. The van der Waals surface area contributed by atoms with Gasteiger partial charge in [-0.25, -0.2) is 0 Å². The summed E-state index contributed by atoms with van der Waals surface area (Å²) in [7, 11) is 1.12. The van der Waals surface area contributed by atoms with Crippen molar-refractivity contribution < 1.29 is 4.52 Å². The van der Waals surface area contributed by atoms with Crippen molar-refractivity contribution >= 4 is 40.8 Å². The highest BCUT2D eigenvalue weighted by Crippen LogP contribution is 2.63. The number of halogens is 1. The van der Waals surface area contributed by atoms with Gasteiger partial charge in [0.05, 0.1) is 5.69 Å². The van der Waals surface area contributed by atoms with Gasteiger partial charge in [-0.2, -0.15) is 13.5 Å². The molecule has 2 N–H and O–H groups in total. The van der Waals surface area contributed by atoms with Crippen LogP contribution in [0.4, 0.5) is 5.69 Å². The van der Waals surface area contributed by atoms with Crippen LogP contribution in [-0.2, 0) is 0 Å². The van der Waals surface area contributed by atoms with Crippen molar-refractivity contribution in [1.29, 1.82) is 0 Å². The first-order chi connectivity index (χ1) is 7.20. The van der Waals surface area contributed by atoms with Gasteiger partial charge >= 0.3 is 6.78 Å². The fourth-order valence-electron chi connectivity index (χ4n) is 0.896. The van der Waals surface area contributed by atoms with Crippen LogP contribution in [0.2, 0.25) is 0 Å². The number of nitrogens with two attached hydrogens (primary N) is 1. The standard InChI is InChI=1S/C6H6ClN4OP3/c7-15(10-13-9-14-11-15)12-6-4-2-1-3-5(6)8/h1-4H,8H2. The molecule has 2 rings (SSSR count). The van der Waals surface area contributed by atoms with Crippen LogP contribution in [0.15, 0.2) is 37.8 Å². The predicted octanol–water partition coefficient (Wildman–Crippen LogP) is 4.94. The van der Waals surface area contributed by atoms with Crippen LogP contribution in [0.5, 0.6) is 5.75 Å².